The first-order valence-electron chi connectivity index (χ1n) is 9.72. The minimum Gasteiger partial charge on any atom is -0.471 e. The van der Waals surface area contributed by atoms with E-state index in [-0.39, 0.29) is 17.2 Å². The number of nitrogens with zero attached hydrogens (tertiary/aromatic N) is 2. The fraction of sp³-hybridized carbons (Fsp3) is 0.381. The molecule has 0 N–H and O–H groups in total. The number of rotatable bonds is 6. The molecular weight excluding hydrogens is 462 g/mol. The van der Waals surface area contributed by atoms with E-state index in [0.29, 0.717) is 5.56 Å². The molecule has 0 amide bonds. The summed E-state index contributed by atoms with van der Waals surface area (Å²) in [5.41, 5.74) is -0.538. The number of hydrogen-bond donors (Lipinski definition) is 0. The number of pyridine rings is 2. The molecule has 1 fully saturated rings. The van der Waals surface area contributed by atoms with Crippen LogP contribution in [-0.2, 0) is 28.6 Å². The Labute approximate surface area is 191 Å². The number of aromatic nitrogens is 2. The minimum absolute atomic E-state index is 0.128. The van der Waals surface area contributed by atoms with Gasteiger partial charge in [-0.2, -0.15) is 8.78 Å². The lowest BCUT2D eigenvalue weighted by molar-refractivity contribution is -0.186. The third kappa shape index (κ3) is 6.37. The summed E-state index contributed by atoms with van der Waals surface area (Å²) in [4.78, 5) is 42.1. The molecule has 0 saturated carbocycles. The Kier molecular flexibility index (Phi) is 7.79. The van der Waals surface area contributed by atoms with Gasteiger partial charge >= 0.3 is 17.9 Å². The van der Waals surface area contributed by atoms with Crippen LogP contribution >= 0.6 is 11.8 Å². The lowest BCUT2D eigenvalue weighted by Gasteiger charge is -2.39. The number of halogens is 2. The van der Waals surface area contributed by atoms with E-state index in [2.05, 4.69) is 9.97 Å². The normalized spacial score (nSPS) is 22.2. The van der Waals surface area contributed by atoms with E-state index in [1.165, 1.54) is 31.3 Å². The van der Waals surface area contributed by atoms with E-state index in [9.17, 15) is 23.2 Å². The molecule has 2 aromatic rings. The number of hydrogen-bond acceptors (Lipinski definition) is 10. The average molecular weight is 482 g/mol. The highest BCUT2D eigenvalue weighted by molar-refractivity contribution is 7.99. The van der Waals surface area contributed by atoms with E-state index in [0.717, 1.165) is 31.7 Å². The number of esters is 3. The summed E-state index contributed by atoms with van der Waals surface area (Å²) in [5.74, 6) is -3.88. The quantitative estimate of drug-likeness (QED) is 0.346. The van der Waals surface area contributed by atoms with Gasteiger partial charge in [-0.3, -0.25) is 14.4 Å². The van der Waals surface area contributed by atoms with Gasteiger partial charge in [0.2, 0.25) is 5.95 Å². The molecule has 0 aromatic carbocycles. The zero-order valence-electron chi connectivity index (χ0n) is 17.8. The van der Waals surface area contributed by atoms with Gasteiger partial charge in [-0.25, -0.2) is 9.97 Å². The Balaban J connectivity index is 1.86. The molecule has 33 heavy (non-hydrogen) atoms. The van der Waals surface area contributed by atoms with E-state index < -0.39 is 53.6 Å². The van der Waals surface area contributed by atoms with Crippen molar-refractivity contribution in [2.45, 2.75) is 44.5 Å². The van der Waals surface area contributed by atoms with Crippen LogP contribution in [0.4, 0.5) is 8.78 Å². The number of thioether (sulfide) groups is 1. The maximum Gasteiger partial charge on any atom is 0.303 e. The maximum atomic E-state index is 14.7. The number of ether oxygens (including phenoxy) is 4. The van der Waals surface area contributed by atoms with Gasteiger partial charge in [-0.05, 0) is 18.2 Å². The van der Waals surface area contributed by atoms with Crippen molar-refractivity contribution in [3.8, 4) is 17.0 Å². The van der Waals surface area contributed by atoms with Crippen LogP contribution in [0.1, 0.15) is 20.8 Å². The van der Waals surface area contributed by atoms with Crippen LogP contribution in [0.25, 0.3) is 11.3 Å². The fourth-order valence-electron chi connectivity index (χ4n) is 3.17. The zero-order valence-corrected chi connectivity index (χ0v) is 18.6. The average Bonchev–Trinajstić information content (AvgIpc) is 2.72. The molecule has 1 saturated heterocycles. The molecule has 1 aliphatic rings. The predicted molar refractivity (Wildman–Crippen MR) is 111 cm³/mol. The second kappa shape index (κ2) is 10.6. The highest BCUT2D eigenvalue weighted by atomic mass is 32.2. The number of carbonyl (C=O) groups excluding carboxylic acids is 3. The van der Waals surface area contributed by atoms with Crippen molar-refractivity contribution in [3.05, 3.63) is 42.4 Å². The summed E-state index contributed by atoms with van der Waals surface area (Å²) in [6.45, 7) is 3.49. The van der Waals surface area contributed by atoms with Gasteiger partial charge in [-0.1, -0.05) is 0 Å². The van der Waals surface area contributed by atoms with Gasteiger partial charge < -0.3 is 18.9 Å². The lowest BCUT2D eigenvalue weighted by Crippen LogP contribution is -2.55. The summed E-state index contributed by atoms with van der Waals surface area (Å²) in [5, 5.41) is 0. The highest BCUT2D eigenvalue weighted by Crippen LogP contribution is 2.35. The summed E-state index contributed by atoms with van der Waals surface area (Å²) in [6.07, 6.45) is -2.06. The first-order valence-corrected chi connectivity index (χ1v) is 10.8. The predicted octanol–water partition coefficient (Wildman–Crippen LogP) is 2.67. The van der Waals surface area contributed by atoms with Crippen molar-refractivity contribution >= 4 is 29.7 Å². The monoisotopic (exact) mass is 482 g/mol. The Hall–Kier alpha value is -3.28. The van der Waals surface area contributed by atoms with E-state index in [4.69, 9.17) is 18.9 Å². The first-order chi connectivity index (χ1) is 15.6. The Bertz CT molecular complexity index is 1060. The number of carbonyl (C=O) groups is 3. The van der Waals surface area contributed by atoms with Crippen molar-refractivity contribution in [2.75, 3.05) is 5.75 Å². The Morgan fingerprint density at radius 1 is 0.970 bits per heavy atom. The van der Waals surface area contributed by atoms with Crippen molar-refractivity contribution in [3.63, 3.8) is 0 Å². The molecule has 0 unspecified atom stereocenters. The standard InChI is InChI=1S/C21H20F2N2O7S/c1-10(26)29-16-9-33-21(19(31-12(3)28)18(16)30-11(2)27)32-15-5-4-14(25-20(15)23)13-6-7-24-17(22)8-13/h4-8,16,18-19,21H,9H2,1-3H3/t16-,18+,19-,21+/m1/s1. The zero-order chi connectivity index (χ0) is 24.1. The molecule has 3 rings (SSSR count). The molecule has 0 spiro atoms. The summed E-state index contributed by atoms with van der Waals surface area (Å²) in [6, 6.07) is 5.29. The van der Waals surface area contributed by atoms with Gasteiger partial charge in [0.1, 0.15) is 0 Å². The Morgan fingerprint density at radius 3 is 2.24 bits per heavy atom. The summed E-state index contributed by atoms with van der Waals surface area (Å²) >= 11 is 1.08. The smallest absolute Gasteiger partial charge is 0.303 e. The highest BCUT2D eigenvalue weighted by Gasteiger charge is 2.48. The largest absolute Gasteiger partial charge is 0.471 e. The third-order valence-electron chi connectivity index (χ3n) is 4.38. The van der Waals surface area contributed by atoms with Crippen LogP contribution in [0.5, 0.6) is 5.75 Å². The third-order valence-corrected chi connectivity index (χ3v) is 5.60. The molecule has 3 heterocycles. The molecule has 1 aliphatic heterocycles. The van der Waals surface area contributed by atoms with Crippen molar-refractivity contribution in [1.82, 2.24) is 9.97 Å². The van der Waals surface area contributed by atoms with Gasteiger partial charge in [0.15, 0.2) is 29.5 Å². The van der Waals surface area contributed by atoms with Crippen LogP contribution in [0.3, 0.4) is 0 Å². The topological polar surface area (TPSA) is 114 Å². The minimum atomic E-state index is -1.21. The SMILES string of the molecule is CC(=O)O[C@@H]1[C@@H](OC(C)=O)[C@@H](Oc2ccc(-c3ccnc(F)c3)nc2F)SC[C@H]1OC(C)=O. The Morgan fingerprint density at radius 2 is 1.64 bits per heavy atom. The van der Waals surface area contributed by atoms with Crippen LogP contribution in [-0.4, -0.2) is 57.4 Å². The van der Waals surface area contributed by atoms with Crippen LogP contribution in [0.2, 0.25) is 0 Å². The molecule has 9 nitrogen and oxygen atoms in total. The molecule has 0 aliphatic carbocycles. The lowest BCUT2D eigenvalue weighted by atomic mass is 10.1. The van der Waals surface area contributed by atoms with Crippen LogP contribution < -0.4 is 4.74 Å². The molecular formula is C21H20F2N2O7S. The van der Waals surface area contributed by atoms with Gasteiger partial charge in [-0.15, -0.1) is 11.8 Å². The van der Waals surface area contributed by atoms with E-state index in [1.807, 2.05) is 0 Å². The first kappa shape index (κ1) is 24.4. The summed E-state index contributed by atoms with van der Waals surface area (Å²) < 4.78 is 49.6. The molecule has 12 heteroatoms. The molecule has 0 radical (unpaired) electrons. The second-order valence-corrected chi connectivity index (χ2v) is 8.10. The molecule has 4 atom stereocenters. The second-order valence-electron chi connectivity index (χ2n) is 6.97. The van der Waals surface area contributed by atoms with E-state index in [1.54, 1.807) is 0 Å². The molecule has 0 bridgehead atoms. The van der Waals surface area contributed by atoms with Gasteiger partial charge in [0, 0.05) is 44.4 Å². The van der Waals surface area contributed by atoms with Crippen molar-refractivity contribution in [2.24, 2.45) is 0 Å². The summed E-state index contributed by atoms with van der Waals surface area (Å²) in [7, 11) is 0. The van der Waals surface area contributed by atoms with Crippen LogP contribution in [0.15, 0.2) is 30.5 Å². The fourth-order valence-corrected chi connectivity index (χ4v) is 4.38. The van der Waals surface area contributed by atoms with Crippen molar-refractivity contribution in [1.29, 1.82) is 0 Å². The van der Waals surface area contributed by atoms with Crippen molar-refractivity contribution < 1.29 is 42.1 Å². The molecule has 2 aromatic heterocycles. The van der Waals surface area contributed by atoms with Gasteiger partial charge in [0.25, 0.3) is 5.95 Å². The van der Waals surface area contributed by atoms with E-state index >= 15 is 0 Å². The van der Waals surface area contributed by atoms with Crippen LogP contribution in [0, 0.1) is 11.9 Å². The van der Waals surface area contributed by atoms with Gasteiger partial charge in [0.05, 0.1) is 5.69 Å². The maximum absolute atomic E-state index is 14.7. The molecule has 176 valence electrons.